The van der Waals surface area contributed by atoms with E-state index in [-0.39, 0.29) is 18.8 Å². The lowest BCUT2D eigenvalue weighted by molar-refractivity contribution is -0.113. The Labute approximate surface area is 188 Å². The van der Waals surface area contributed by atoms with E-state index in [2.05, 4.69) is 11.8 Å². The first-order valence-corrected chi connectivity index (χ1v) is 10.9. The van der Waals surface area contributed by atoms with Crippen LogP contribution in [0.3, 0.4) is 0 Å². The Balaban J connectivity index is 1.59. The van der Waals surface area contributed by atoms with Gasteiger partial charge in [-0.05, 0) is 48.2 Å². The Hall–Kier alpha value is -2.07. The van der Waals surface area contributed by atoms with E-state index in [1.165, 1.54) is 0 Å². The zero-order valence-electron chi connectivity index (χ0n) is 17.7. The van der Waals surface area contributed by atoms with E-state index >= 15 is 0 Å². The molecule has 166 valence electrons. The van der Waals surface area contributed by atoms with E-state index in [1.54, 1.807) is 6.92 Å². The Bertz CT molecular complexity index is 887. The Kier molecular flexibility index (Phi) is 9.20. The highest BCUT2D eigenvalue weighted by Crippen LogP contribution is 2.33. The fraction of sp³-hybridized carbons (Fsp3) is 0.440. The fourth-order valence-electron chi connectivity index (χ4n) is 3.59. The minimum absolute atomic E-state index is 0.0958. The SMILES string of the molecule is CC#CCOCCOc1ccc(Cc2cc(C3CC(O)CC(CO)O3)ccc2Cl)cc1. The first-order valence-electron chi connectivity index (χ1n) is 10.5. The first kappa shape index (κ1) is 23.6. The van der Waals surface area contributed by atoms with Crippen LogP contribution in [0, 0.1) is 11.8 Å². The largest absolute Gasteiger partial charge is 0.491 e. The van der Waals surface area contributed by atoms with Gasteiger partial charge in [-0.15, -0.1) is 5.92 Å². The molecule has 2 aromatic carbocycles. The fourth-order valence-corrected chi connectivity index (χ4v) is 3.77. The summed E-state index contributed by atoms with van der Waals surface area (Å²) in [5.41, 5.74) is 3.06. The van der Waals surface area contributed by atoms with Gasteiger partial charge in [0.25, 0.3) is 0 Å². The number of hydrogen-bond donors (Lipinski definition) is 2. The van der Waals surface area contributed by atoms with Gasteiger partial charge < -0.3 is 24.4 Å². The number of ether oxygens (including phenoxy) is 3. The Morgan fingerprint density at radius 2 is 1.94 bits per heavy atom. The molecule has 1 aliphatic rings. The second kappa shape index (κ2) is 12.1. The maximum absolute atomic E-state index is 10.1. The van der Waals surface area contributed by atoms with Crippen LogP contribution < -0.4 is 4.74 Å². The van der Waals surface area contributed by atoms with Crippen molar-refractivity contribution in [3.05, 3.63) is 64.2 Å². The Morgan fingerprint density at radius 3 is 2.68 bits per heavy atom. The summed E-state index contributed by atoms with van der Waals surface area (Å²) in [4.78, 5) is 0. The number of hydrogen-bond acceptors (Lipinski definition) is 5. The maximum Gasteiger partial charge on any atom is 0.119 e. The van der Waals surface area contributed by atoms with Crippen LogP contribution in [0.4, 0.5) is 0 Å². The number of rotatable bonds is 9. The summed E-state index contributed by atoms with van der Waals surface area (Å²) in [6, 6.07) is 13.7. The second-order valence-corrected chi connectivity index (χ2v) is 7.96. The van der Waals surface area contributed by atoms with Crippen molar-refractivity contribution in [1.29, 1.82) is 0 Å². The first-order chi connectivity index (χ1) is 15.1. The molecule has 0 aromatic heterocycles. The smallest absolute Gasteiger partial charge is 0.119 e. The number of aliphatic hydroxyl groups is 2. The van der Waals surface area contributed by atoms with E-state index in [1.807, 2.05) is 42.5 Å². The molecule has 1 heterocycles. The molecule has 5 nitrogen and oxygen atoms in total. The van der Waals surface area contributed by atoms with Gasteiger partial charge in [-0.1, -0.05) is 41.8 Å². The van der Waals surface area contributed by atoms with Gasteiger partial charge in [0.05, 0.1) is 31.5 Å². The van der Waals surface area contributed by atoms with Gasteiger partial charge in [0.15, 0.2) is 0 Å². The molecule has 2 N–H and O–H groups in total. The summed E-state index contributed by atoms with van der Waals surface area (Å²) in [6.07, 6.45) is 0.569. The zero-order chi connectivity index (χ0) is 22.1. The molecule has 0 amide bonds. The summed E-state index contributed by atoms with van der Waals surface area (Å²) in [5.74, 6) is 6.41. The minimum Gasteiger partial charge on any atom is -0.491 e. The second-order valence-electron chi connectivity index (χ2n) is 7.55. The van der Waals surface area contributed by atoms with Gasteiger partial charge in [-0.3, -0.25) is 0 Å². The molecular weight excluding hydrogens is 416 g/mol. The van der Waals surface area contributed by atoms with Crippen LogP contribution in [0.25, 0.3) is 0 Å². The van der Waals surface area contributed by atoms with Gasteiger partial charge in [-0.2, -0.15) is 0 Å². The molecule has 31 heavy (non-hydrogen) atoms. The van der Waals surface area contributed by atoms with E-state index < -0.39 is 6.10 Å². The third-order valence-corrected chi connectivity index (χ3v) is 5.56. The van der Waals surface area contributed by atoms with Crippen LogP contribution >= 0.6 is 11.6 Å². The van der Waals surface area contributed by atoms with Crippen molar-refractivity contribution < 1.29 is 24.4 Å². The molecule has 3 atom stereocenters. The summed E-state index contributed by atoms with van der Waals surface area (Å²) in [7, 11) is 0. The average Bonchev–Trinajstić information content (AvgIpc) is 2.78. The lowest BCUT2D eigenvalue weighted by atomic mass is 9.94. The average molecular weight is 445 g/mol. The normalized spacial score (nSPS) is 20.7. The van der Waals surface area contributed by atoms with Gasteiger partial charge in [0, 0.05) is 17.9 Å². The standard InChI is InChI=1S/C25H29ClO5/c1-2-3-10-29-11-12-30-22-7-4-18(5-8-22)13-20-14-19(6-9-24(20)26)25-16-21(28)15-23(17-27)31-25/h4-9,14,21,23,25,27-28H,10-13,15-17H2,1H3. The van der Waals surface area contributed by atoms with Gasteiger partial charge in [0.2, 0.25) is 0 Å². The summed E-state index contributed by atoms with van der Waals surface area (Å²) in [5, 5.41) is 20.2. The molecule has 0 spiro atoms. The molecular formula is C25H29ClO5. The molecule has 0 aliphatic carbocycles. The number of halogens is 1. The van der Waals surface area contributed by atoms with Crippen molar-refractivity contribution in [2.75, 3.05) is 26.4 Å². The lowest BCUT2D eigenvalue weighted by Crippen LogP contribution is -2.33. The van der Waals surface area contributed by atoms with E-state index in [4.69, 9.17) is 25.8 Å². The Morgan fingerprint density at radius 1 is 1.13 bits per heavy atom. The molecule has 1 aliphatic heterocycles. The zero-order valence-corrected chi connectivity index (χ0v) is 18.5. The third-order valence-electron chi connectivity index (χ3n) is 5.19. The number of aliphatic hydroxyl groups excluding tert-OH is 2. The monoisotopic (exact) mass is 444 g/mol. The van der Waals surface area contributed by atoms with Crippen LogP contribution in [0.2, 0.25) is 5.02 Å². The van der Waals surface area contributed by atoms with Gasteiger partial charge in [-0.25, -0.2) is 0 Å². The lowest BCUT2D eigenvalue weighted by Gasteiger charge is -2.32. The predicted octanol–water partition coefficient (Wildman–Crippen LogP) is 3.92. The molecule has 2 aromatic rings. The van der Waals surface area contributed by atoms with Crippen molar-refractivity contribution in [2.24, 2.45) is 0 Å². The van der Waals surface area contributed by atoms with Crippen molar-refractivity contribution in [3.8, 4) is 17.6 Å². The highest BCUT2D eigenvalue weighted by molar-refractivity contribution is 6.31. The van der Waals surface area contributed by atoms with E-state index in [9.17, 15) is 10.2 Å². The van der Waals surface area contributed by atoms with Crippen LogP contribution in [0.1, 0.15) is 42.6 Å². The van der Waals surface area contributed by atoms with Crippen LogP contribution in [-0.2, 0) is 15.9 Å². The molecule has 3 unspecified atom stereocenters. The van der Waals surface area contributed by atoms with Crippen molar-refractivity contribution in [2.45, 2.75) is 44.5 Å². The molecule has 0 radical (unpaired) electrons. The quantitative estimate of drug-likeness (QED) is 0.453. The predicted molar refractivity (Wildman–Crippen MR) is 120 cm³/mol. The minimum atomic E-state index is -0.479. The number of benzene rings is 2. The van der Waals surface area contributed by atoms with Crippen molar-refractivity contribution in [1.82, 2.24) is 0 Å². The molecule has 6 heteroatoms. The van der Waals surface area contributed by atoms with E-state index in [0.29, 0.717) is 44.1 Å². The molecule has 0 bridgehead atoms. The van der Waals surface area contributed by atoms with Gasteiger partial charge >= 0.3 is 0 Å². The molecule has 0 saturated carbocycles. The van der Waals surface area contributed by atoms with E-state index in [0.717, 1.165) is 22.4 Å². The summed E-state index contributed by atoms with van der Waals surface area (Å²) >= 11 is 6.44. The topological polar surface area (TPSA) is 68.2 Å². The molecule has 1 saturated heterocycles. The van der Waals surface area contributed by atoms with Crippen LogP contribution in [-0.4, -0.2) is 48.8 Å². The van der Waals surface area contributed by atoms with Crippen LogP contribution in [0.15, 0.2) is 42.5 Å². The third kappa shape index (κ3) is 7.24. The molecule has 1 fully saturated rings. The highest BCUT2D eigenvalue weighted by Gasteiger charge is 2.29. The summed E-state index contributed by atoms with van der Waals surface area (Å²) < 4.78 is 17.0. The van der Waals surface area contributed by atoms with Crippen LogP contribution in [0.5, 0.6) is 5.75 Å². The van der Waals surface area contributed by atoms with Crippen molar-refractivity contribution >= 4 is 11.6 Å². The van der Waals surface area contributed by atoms with Gasteiger partial charge in [0.1, 0.15) is 19.0 Å². The maximum atomic E-state index is 10.1. The summed E-state index contributed by atoms with van der Waals surface area (Å²) in [6.45, 7) is 3.08. The molecule has 3 rings (SSSR count). The van der Waals surface area contributed by atoms with Crippen molar-refractivity contribution in [3.63, 3.8) is 0 Å². The highest BCUT2D eigenvalue weighted by atomic mass is 35.5.